The zero-order chi connectivity index (χ0) is 13.4. The van der Waals surface area contributed by atoms with Gasteiger partial charge in [0.1, 0.15) is 11.6 Å². The van der Waals surface area contributed by atoms with Gasteiger partial charge in [0.05, 0.1) is 0 Å². The van der Waals surface area contributed by atoms with Crippen LogP contribution in [0.15, 0.2) is 46.9 Å². The van der Waals surface area contributed by atoms with Crippen molar-refractivity contribution in [2.75, 3.05) is 0 Å². The highest BCUT2D eigenvalue weighted by Gasteiger charge is 2.31. The number of benzene rings is 2. The fourth-order valence-corrected chi connectivity index (χ4v) is 3.01. The Morgan fingerprint density at radius 3 is 2.79 bits per heavy atom. The maximum absolute atomic E-state index is 13.0. The van der Waals surface area contributed by atoms with Gasteiger partial charge in [-0.25, -0.2) is 4.39 Å². The first-order valence-corrected chi connectivity index (χ1v) is 6.99. The summed E-state index contributed by atoms with van der Waals surface area (Å²) in [6.07, 6.45) is 1.17. The van der Waals surface area contributed by atoms with Crippen LogP contribution in [0.2, 0.25) is 0 Å². The highest BCUT2D eigenvalue weighted by molar-refractivity contribution is 9.10. The number of halogens is 2. The molecule has 0 saturated heterocycles. The number of ketones is 1. The summed E-state index contributed by atoms with van der Waals surface area (Å²) < 4.78 is 13.7. The predicted molar refractivity (Wildman–Crippen MR) is 75.7 cm³/mol. The Morgan fingerprint density at radius 1 is 1.26 bits per heavy atom. The molecular formula is C16H12BrFO. The van der Waals surface area contributed by atoms with Crippen LogP contribution in [0.4, 0.5) is 4.39 Å². The highest BCUT2D eigenvalue weighted by atomic mass is 79.9. The van der Waals surface area contributed by atoms with Gasteiger partial charge in [-0.15, -0.1) is 0 Å². The summed E-state index contributed by atoms with van der Waals surface area (Å²) in [4.78, 5) is 12.3. The lowest BCUT2D eigenvalue weighted by Crippen LogP contribution is -2.26. The number of Topliss-reactive ketones (excluding diaryl/α,β-unsaturated/α-hetero) is 1. The van der Waals surface area contributed by atoms with Crippen molar-refractivity contribution in [2.24, 2.45) is 0 Å². The molecule has 3 rings (SSSR count). The monoisotopic (exact) mass is 318 g/mol. The summed E-state index contributed by atoms with van der Waals surface area (Å²) in [5.74, 6) is -0.0868. The molecule has 0 N–H and O–H groups in total. The van der Waals surface area contributed by atoms with E-state index in [0.717, 1.165) is 17.5 Å². The molecule has 0 amide bonds. The van der Waals surface area contributed by atoms with Gasteiger partial charge >= 0.3 is 0 Å². The number of carbonyl (C=O) groups excluding carboxylic acids is 1. The van der Waals surface area contributed by atoms with Crippen LogP contribution in [0.5, 0.6) is 0 Å². The van der Waals surface area contributed by atoms with E-state index in [1.807, 2.05) is 18.2 Å². The maximum atomic E-state index is 13.0. The topological polar surface area (TPSA) is 17.1 Å². The molecule has 0 heterocycles. The van der Waals surface area contributed by atoms with Crippen molar-refractivity contribution in [1.82, 2.24) is 0 Å². The fourth-order valence-electron chi connectivity index (χ4n) is 2.52. The Morgan fingerprint density at radius 2 is 2.05 bits per heavy atom. The minimum atomic E-state index is -0.294. The largest absolute Gasteiger partial charge is 0.299 e. The summed E-state index contributed by atoms with van der Waals surface area (Å²) in [7, 11) is 0. The minimum Gasteiger partial charge on any atom is -0.299 e. The van der Waals surface area contributed by atoms with Crippen LogP contribution in [0, 0.1) is 5.82 Å². The van der Waals surface area contributed by atoms with Gasteiger partial charge in [0.25, 0.3) is 0 Å². The van der Waals surface area contributed by atoms with Gasteiger partial charge in [-0.3, -0.25) is 4.79 Å². The Balaban J connectivity index is 1.77. The molecular weight excluding hydrogens is 307 g/mol. The quantitative estimate of drug-likeness (QED) is 0.834. The van der Waals surface area contributed by atoms with Gasteiger partial charge in [-0.05, 0) is 35.2 Å². The normalized spacial score (nSPS) is 16.6. The van der Waals surface area contributed by atoms with Gasteiger partial charge in [0.15, 0.2) is 0 Å². The Labute approximate surface area is 119 Å². The fraction of sp³-hybridized carbons (Fsp3) is 0.188. The molecule has 0 bridgehead atoms. The average Bonchev–Trinajstić information content (AvgIpc) is 2.34. The van der Waals surface area contributed by atoms with Crippen LogP contribution >= 0.6 is 15.9 Å². The molecule has 2 aromatic carbocycles. The summed E-state index contributed by atoms with van der Waals surface area (Å²) in [6.45, 7) is 0. The second kappa shape index (κ2) is 4.89. The summed E-state index contributed by atoms with van der Waals surface area (Å²) in [5, 5.41) is 0. The van der Waals surface area contributed by atoms with Gasteiger partial charge in [-0.1, -0.05) is 46.3 Å². The van der Waals surface area contributed by atoms with E-state index in [9.17, 15) is 9.18 Å². The maximum Gasteiger partial charge on any atom is 0.145 e. The van der Waals surface area contributed by atoms with Gasteiger partial charge in [0.2, 0.25) is 0 Å². The van der Waals surface area contributed by atoms with Crippen molar-refractivity contribution in [3.05, 3.63) is 69.4 Å². The Bertz CT molecular complexity index is 651. The Kier molecular flexibility index (Phi) is 3.23. The van der Waals surface area contributed by atoms with Gasteiger partial charge in [0, 0.05) is 16.8 Å². The van der Waals surface area contributed by atoms with Crippen LogP contribution in [0.3, 0.4) is 0 Å². The molecule has 0 aromatic heterocycles. The van der Waals surface area contributed by atoms with Crippen LogP contribution in [-0.4, -0.2) is 5.78 Å². The second-order valence-electron chi connectivity index (χ2n) is 4.83. The van der Waals surface area contributed by atoms with E-state index in [1.165, 1.54) is 17.7 Å². The molecule has 3 heteroatoms. The zero-order valence-corrected chi connectivity index (χ0v) is 11.8. The number of hydrogen-bond acceptors (Lipinski definition) is 1. The Hall–Kier alpha value is -1.48. The molecule has 1 aliphatic carbocycles. The molecule has 96 valence electrons. The average molecular weight is 319 g/mol. The summed E-state index contributed by atoms with van der Waals surface area (Å²) in [5.41, 5.74) is 3.25. The molecule has 2 aromatic rings. The zero-order valence-electron chi connectivity index (χ0n) is 10.2. The van der Waals surface area contributed by atoms with E-state index in [1.54, 1.807) is 6.07 Å². The molecule has 1 unspecified atom stereocenters. The molecule has 0 spiro atoms. The van der Waals surface area contributed by atoms with Crippen molar-refractivity contribution < 1.29 is 9.18 Å². The van der Waals surface area contributed by atoms with Crippen molar-refractivity contribution >= 4 is 21.7 Å². The lowest BCUT2D eigenvalue weighted by molar-refractivity contribution is -0.120. The summed E-state index contributed by atoms with van der Waals surface area (Å²) >= 11 is 3.30. The molecule has 0 radical (unpaired) electrons. The third kappa shape index (κ3) is 2.35. The van der Waals surface area contributed by atoms with E-state index >= 15 is 0 Å². The van der Waals surface area contributed by atoms with E-state index in [-0.39, 0.29) is 17.5 Å². The first-order chi connectivity index (χ1) is 9.15. The molecule has 1 aliphatic rings. The minimum absolute atomic E-state index is 0.00755. The van der Waals surface area contributed by atoms with Gasteiger partial charge < -0.3 is 0 Å². The van der Waals surface area contributed by atoms with Crippen LogP contribution in [-0.2, 0) is 17.6 Å². The predicted octanol–water partition coefficient (Wildman–Crippen LogP) is 4.04. The van der Waals surface area contributed by atoms with E-state index < -0.39 is 0 Å². The molecule has 0 fully saturated rings. The highest BCUT2D eigenvalue weighted by Crippen LogP contribution is 2.36. The lowest BCUT2D eigenvalue weighted by Gasteiger charge is -2.28. The van der Waals surface area contributed by atoms with Crippen LogP contribution in [0.25, 0.3) is 0 Å². The van der Waals surface area contributed by atoms with Crippen LogP contribution in [0.1, 0.15) is 22.6 Å². The van der Waals surface area contributed by atoms with Gasteiger partial charge in [-0.2, -0.15) is 0 Å². The number of carbonyl (C=O) groups is 1. The first-order valence-electron chi connectivity index (χ1n) is 6.19. The van der Waals surface area contributed by atoms with E-state index in [4.69, 9.17) is 0 Å². The van der Waals surface area contributed by atoms with E-state index in [0.29, 0.717) is 10.9 Å². The van der Waals surface area contributed by atoms with Crippen molar-refractivity contribution in [2.45, 2.75) is 18.8 Å². The van der Waals surface area contributed by atoms with E-state index in [2.05, 4.69) is 22.0 Å². The molecule has 1 nitrogen and oxygen atoms in total. The number of fused-ring (bicyclic) bond motifs is 1. The first kappa shape index (κ1) is 12.5. The van der Waals surface area contributed by atoms with Crippen molar-refractivity contribution in [1.29, 1.82) is 0 Å². The van der Waals surface area contributed by atoms with Crippen molar-refractivity contribution in [3.8, 4) is 0 Å². The SMILES string of the molecule is O=C(Cc1ccc(F)cc1Br)C1Cc2ccccc21. The molecule has 0 saturated carbocycles. The lowest BCUT2D eigenvalue weighted by atomic mass is 9.74. The van der Waals surface area contributed by atoms with Crippen LogP contribution < -0.4 is 0 Å². The smallest absolute Gasteiger partial charge is 0.145 e. The number of rotatable bonds is 3. The molecule has 0 aliphatic heterocycles. The third-order valence-corrected chi connectivity index (χ3v) is 4.36. The second-order valence-corrected chi connectivity index (χ2v) is 5.69. The number of hydrogen-bond donors (Lipinski definition) is 0. The third-order valence-electron chi connectivity index (χ3n) is 3.62. The standard InChI is InChI=1S/C16H12BrFO/c17-15-9-12(18)6-5-11(15)8-16(19)14-7-10-3-1-2-4-13(10)14/h1-6,9,14H,7-8H2. The molecule has 1 atom stereocenters. The molecule has 19 heavy (non-hydrogen) atoms. The van der Waals surface area contributed by atoms with Crippen molar-refractivity contribution in [3.63, 3.8) is 0 Å². The summed E-state index contributed by atoms with van der Waals surface area (Å²) in [6, 6.07) is 12.5.